The van der Waals surface area contributed by atoms with E-state index in [0.29, 0.717) is 48.1 Å². The fraction of sp³-hybridized carbons (Fsp3) is 0.625. The molecule has 4 rings (SSSR count). The molecule has 0 aromatic carbocycles. The van der Waals surface area contributed by atoms with Gasteiger partial charge in [-0.05, 0) is 63.5 Å². The number of aromatic nitrogens is 4. The highest BCUT2D eigenvalue weighted by atomic mass is 16.5. The largest absolute Gasteiger partial charge is 0.489 e. The Morgan fingerprint density at radius 2 is 2.00 bits per heavy atom. The summed E-state index contributed by atoms with van der Waals surface area (Å²) >= 11 is 0. The lowest BCUT2D eigenvalue weighted by Gasteiger charge is -2.30. The number of amides is 2. The van der Waals surface area contributed by atoms with Crippen LogP contribution in [0, 0.1) is 18.8 Å². The highest BCUT2D eigenvalue weighted by molar-refractivity contribution is 5.74. The van der Waals surface area contributed by atoms with Crippen molar-refractivity contribution in [3.63, 3.8) is 0 Å². The number of aryl methyl sites for hydroxylation is 2. The van der Waals surface area contributed by atoms with Crippen LogP contribution < -0.4 is 10.1 Å². The van der Waals surface area contributed by atoms with E-state index in [-0.39, 0.29) is 18.1 Å². The smallest absolute Gasteiger partial charge is 0.317 e. The maximum atomic E-state index is 12.5. The predicted molar refractivity (Wildman–Crippen MR) is 125 cm³/mol. The van der Waals surface area contributed by atoms with Gasteiger partial charge in [0.2, 0.25) is 0 Å². The average Bonchev–Trinajstić information content (AvgIpc) is 3.16. The number of ether oxygens (including phenoxy) is 1. The van der Waals surface area contributed by atoms with Crippen LogP contribution in [0.25, 0.3) is 11.4 Å². The number of hydrogen-bond donors (Lipinski definition) is 2. The van der Waals surface area contributed by atoms with Crippen molar-refractivity contribution < 1.29 is 19.4 Å². The van der Waals surface area contributed by atoms with Crippen LogP contribution >= 0.6 is 0 Å². The van der Waals surface area contributed by atoms with Gasteiger partial charge >= 0.3 is 12.0 Å². The summed E-state index contributed by atoms with van der Waals surface area (Å²) in [5.74, 6) is 0.156. The van der Waals surface area contributed by atoms with E-state index in [1.54, 1.807) is 16.6 Å². The topological polar surface area (TPSA) is 122 Å². The minimum Gasteiger partial charge on any atom is -0.489 e. The standard InChI is InChI=1S/C24H34N6O4/c1-15-21(34-18-9-5-8-17(12-18)23(31)32)11-10-19(26-15)22-20(30(3)28-27-22)13-25-24(33)29(2)14-16-6-4-7-16/h10-11,16-18H,4-9,12-14H2,1-3H3,(H,25,33)(H,31,32)/t17-,18?/m0/s1. The third-order valence-electron chi connectivity index (χ3n) is 7.00. The van der Waals surface area contributed by atoms with Crippen molar-refractivity contribution in [3.05, 3.63) is 23.5 Å². The van der Waals surface area contributed by atoms with Crippen LogP contribution in [-0.2, 0) is 18.4 Å². The van der Waals surface area contributed by atoms with Gasteiger partial charge in [0.1, 0.15) is 11.4 Å². The van der Waals surface area contributed by atoms with Gasteiger partial charge in [0, 0.05) is 20.6 Å². The fourth-order valence-corrected chi connectivity index (χ4v) is 4.67. The van der Waals surface area contributed by atoms with Gasteiger partial charge in [0.15, 0.2) is 0 Å². The van der Waals surface area contributed by atoms with Gasteiger partial charge in [-0.25, -0.2) is 14.5 Å². The van der Waals surface area contributed by atoms with Crippen molar-refractivity contribution in [1.29, 1.82) is 0 Å². The summed E-state index contributed by atoms with van der Waals surface area (Å²) in [6.45, 7) is 2.94. The van der Waals surface area contributed by atoms with Crippen LogP contribution in [0.4, 0.5) is 4.79 Å². The van der Waals surface area contributed by atoms with Crippen molar-refractivity contribution in [3.8, 4) is 17.1 Å². The molecule has 2 atom stereocenters. The first-order valence-corrected chi connectivity index (χ1v) is 12.1. The molecule has 10 nitrogen and oxygen atoms in total. The van der Waals surface area contributed by atoms with Crippen molar-refractivity contribution >= 4 is 12.0 Å². The molecule has 2 saturated carbocycles. The molecular formula is C24H34N6O4. The normalized spacial score (nSPS) is 20.4. The number of carbonyl (C=O) groups is 2. The second-order valence-corrected chi connectivity index (χ2v) is 9.57. The maximum Gasteiger partial charge on any atom is 0.317 e. The molecule has 2 aliphatic carbocycles. The highest BCUT2D eigenvalue weighted by Crippen LogP contribution is 2.30. The van der Waals surface area contributed by atoms with Gasteiger partial charge in [0.25, 0.3) is 0 Å². The van der Waals surface area contributed by atoms with Crippen LogP contribution in [0.5, 0.6) is 5.75 Å². The molecule has 2 N–H and O–H groups in total. The number of hydrogen-bond acceptors (Lipinski definition) is 6. The first-order valence-electron chi connectivity index (χ1n) is 12.1. The fourth-order valence-electron chi connectivity index (χ4n) is 4.67. The molecule has 2 aromatic rings. The summed E-state index contributed by atoms with van der Waals surface area (Å²) in [6, 6.07) is 3.57. The monoisotopic (exact) mass is 470 g/mol. The third-order valence-corrected chi connectivity index (χ3v) is 7.00. The minimum absolute atomic E-state index is 0.112. The molecule has 10 heteroatoms. The number of carboxylic acid groups (broad SMARTS) is 1. The molecule has 1 unspecified atom stereocenters. The molecule has 0 saturated heterocycles. The average molecular weight is 471 g/mol. The van der Waals surface area contributed by atoms with Gasteiger partial charge in [-0.1, -0.05) is 11.6 Å². The van der Waals surface area contributed by atoms with E-state index in [9.17, 15) is 14.7 Å². The second kappa shape index (κ2) is 10.4. The van der Waals surface area contributed by atoms with Crippen LogP contribution in [0.1, 0.15) is 56.3 Å². The van der Waals surface area contributed by atoms with Gasteiger partial charge < -0.3 is 20.1 Å². The number of urea groups is 1. The number of rotatable bonds is 8. The summed E-state index contributed by atoms with van der Waals surface area (Å²) in [5.41, 5.74) is 2.73. The van der Waals surface area contributed by atoms with E-state index < -0.39 is 5.97 Å². The number of nitrogens with one attached hydrogen (secondary N) is 1. The maximum absolute atomic E-state index is 12.5. The summed E-state index contributed by atoms with van der Waals surface area (Å²) in [5, 5.41) is 20.7. The predicted octanol–water partition coefficient (Wildman–Crippen LogP) is 3.15. The molecule has 2 heterocycles. The van der Waals surface area contributed by atoms with Gasteiger partial charge in [-0.2, -0.15) is 0 Å². The molecular weight excluding hydrogens is 436 g/mol. The molecule has 0 radical (unpaired) electrons. The van der Waals surface area contributed by atoms with Gasteiger partial charge in [-0.15, -0.1) is 5.10 Å². The van der Waals surface area contributed by atoms with Crippen molar-refractivity contribution in [1.82, 2.24) is 30.2 Å². The van der Waals surface area contributed by atoms with E-state index >= 15 is 0 Å². The van der Waals surface area contributed by atoms with Crippen LogP contribution in [0.15, 0.2) is 12.1 Å². The second-order valence-electron chi connectivity index (χ2n) is 9.57. The first kappa shape index (κ1) is 24.0. The Bertz CT molecular complexity index is 1030. The number of pyridine rings is 1. The highest BCUT2D eigenvalue weighted by Gasteiger charge is 2.28. The number of carboxylic acids is 1. The zero-order valence-corrected chi connectivity index (χ0v) is 20.2. The Morgan fingerprint density at radius 3 is 2.68 bits per heavy atom. The zero-order valence-electron chi connectivity index (χ0n) is 20.2. The molecule has 2 aliphatic rings. The van der Waals surface area contributed by atoms with E-state index in [0.717, 1.165) is 25.1 Å². The van der Waals surface area contributed by atoms with E-state index in [1.807, 2.05) is 26.1 Å². The SMILES string of the molecule is Cc1nc(-c2nnn(C)c2CNC(=O)N(C)CC2CCC2)ccc1OC1CCC[C@H](C(=O)O)C1. The summed E-state index contributed by atoms with van der Waals surface area (Å²) < 4.78 is 7.76. The lowest BCUT2D eigenvalue weighted by Crippen LogP contribution is -2.41. The molecule has 34 heavy (non-hydrogen) atoms. The van der Waals surface area contributed by atoms with Crippen molar-refractivity contribution in [2.45, 2.75) is 64.5 Å². The number of carbonyl (C=O) groups excluding carboxylic acids is 1. The number of aliphatic carboxylic acids is 1. The summed E-state index contributed by atoms with van der Waals surface area (Å²) in [6.07, 6.45) is 6.42. The van der Waals surface area contributed by atoms with E-state index in [4.69, 9.17) is 4.74 Å². The Hall–Kier alpha value is -3.17. The van der Waals surface area contributed by atoms with Crippen LogP contribution in [0.3, 0.4) is 0 Å². The Balaban J connectivity index is 1.41. The molecule has 184 valence electrons. The Kier molecular flexibility index (Phi) is 7.33. The molecule has 2 aromatic heterocycles. The van der Waals surface area contributed by atoms with Crippen LogP contribution in [-0.4, -0.2) is 61.7 Å². The lowest BCUT2D eigenvalue weighted by molar-refractivity contribution is -0.143. The van der Waals surface area contributed by atoms with Crippen molar-refractivity contribution in [2.24, 2.45) is 18.9 Å². The third kappa shape index (κ3) is 5.48. The van der Waals surface area contributed by atoms with Gasteiger partial charge in [-0.3, -0.25) is 4.79 Å². The van der Waals surface area contributed by atoms with E-state index in [2.05, 4.69) is 20.6 Å². The van der Waals surface area contributed by atoms with Crippen LogP contribution in [0.2, 0.25) is 0 Å². The molecule has 2 amide bonds. The first-order chi connectivity index (χ1) is 16.3. The van der Waals surface area contributed by atoms with Crippen molar-refractivity contribution in [2.75, 3.05) is 13.6 Å². The quantitative estimate of drug-likeness (QED) is 0.608. The summed E-state index contributed by atoms with van der Waals surface area (Å²) in [7, 11) is 3.62. The van der Waals surface area contributed by atoms with E-state index in [1.165, 1.54) is 19.3 Å². The minimum atomic E-state index is -0.755. The molecule has 2 fully saturated rings. The summed E-state index contributed by atoms with van der Waals surface area (Å²) in [4.78, 5) is 30.3. The van der Waals surface area contributed by atoms with Gasteiger partial charge in [0.05, 0.1) is 35.6 Å². The Morgan fingerprint density at radius 1 is 1.24 bits per heavy atom. The number of nitrogens with zero attached hydrogens (tertiary/aromatic N) is 5. The molecule has 0 bridgehead atoms. The zero-order chi connectivity index (χ0) is 24.2. The Labute approximate surface area is 199 Å². The molecule has 0 spiro atoms. The molecule has 0 aliphatic heterocycles. The lowest BCUT2D eigenvalue weighted by atomic mass is 9.85.